The third kappa shape index (κ3) is 5.97. The van der Waals surface area contributed by atoms with Crippen LogP contribution in [0.1, 0.15) is 63.5 Å². The minimum absolute atomic E-state index is 0.0638. The van der Waals surface area contributed by atoms with Gasteiger partial charge in [0.2, 0.25) is 11.8 Å². The number of carbonyl (C=O) groups excluding carboxylic acids is 1. The number of hydrogen-bond donors (Lipinski definition) is 2. The summed E-state index contributed by atoms with van der Waals surface area (Å²) in [5, 5.41) is 12.0. The van der Waals surface area contributed by atoms with Crippen LogP contribution in [-0.4, -0.2) is 34.1 Å². The third-order valence-corrected chi connectivity index (χ3v) is 6.08. The van der Waals surface area contributed by atoms with Crippen molar-refractivity contribution in [2.24, 2.45) is 11.8 Å². The van der Waals surface area contributed by atoms with Crippen LogP contribution in [0.3, 0.4) is 0 Å². The van der Waals surface area contributed by atoms with Crippen LogP contribution in [0.4, 0.5) is 0 Å². The van der Waals surface area contributed by atoms with Crippen LogP contribution in [0.15, 0.2) is 28.7 Å². The van der Waals surface area contributed by atoms with Crippen molar-refractivity contribution in [1.82, 2.24) is 10.3 Å². The summed E-state index contributed by atoms with van der Waals surface area (Å²) in [4.78, 5) is 28.7. The Kier molecular flexibility index (Phi) is 8.07. The van der Waals surface area contributed by atoms with Crippen LogP contribution >= 0.6 is 0 Å². The highest BCUT2D eigenvalue weighted by molar-refractivity contribution is 5.85. The van der Waals surface area contributed by atoms with E-state index in [2.05, 4.69) is 10.3 Å². The number of aryl methyl sites for hydroxylation is 2. The largest absolute Gasteiger partial charge is 0.480 e. The number of hydrogen-bond acceptors (Lipinski definition) is 5. The van der Waals surface area contributed by atoms with E-state index in [1.807, 2.05) is 38.1 Å². The fourth-order valence-corrected chi connectivity index (χ4v) is 4.11. The minimum Gasteiger partial charge on any atom is -0.480 e. The molecule has 0 spiro atoms. The molecule has 32 heavy (non-hydrogen) atoms. The highest BCUT2D eigenvalue weighted by Crippen LogP contribution is 2.29. The molecule has 1 aromatic heterocycles. The summed E-state index contributed by atoms with van der Waals surface area (Å²) < 4.78 is 12.1. The van der Waals surface area contributed by atoms with E-state index in [4.69, 9.17) is 9.15 Å². The normalized spacial score (nSPS) is 19.7. The first-order valence-corrected chi connectivity index (χ1v) is 11.5. The van der Waals surface area contributed by atoms with Crippen molar-refractivity contribution < 1.29 is 23.8 Å². The molecule has 1 aliphatic rings. The van der Waals surface area contributed by atoms with E-state index in [0.29, 0.717) is 18.9 Å². The van der Waals surface area contributed by atoms with Gasteiger partial charge in [-0.3, -0.25) is 4.79 Å². The van der Waals surface area contributed by atoms with E-state index >= 15 is 0 Å². The lowest BCUT2D eigenvalue weighted by Crippen LogP contribution is -2.47. The lowest BCUT2D eigenvalue weighted by atomic mass is 9.86. The average molecular weight is 443 g/mol. The first-order chi connectivity index (χ1) is 15.3. The summed E-state index contributed by atoms with van der Waals surface area (Å²) in [6, 6.07) is 7.19. The predicted molar refractivity (Wildman–Crippen MR) is 121 cm³/mol. The number of amides is 1. The van der Waals surface area contributed by atoms with Gasteiger partial charge in [-0.1, -0.05) is 44.9 Å². The van der Waals surface area contributed by atoms with Crippen molar-refractivity contribution in [3.63, 3.8) is 0 Å². The number of nitrogens with one attached hydrogen (secondary N) is 1. The molecule has 3 atom stereocenters. The van der Waals surface area contributed by atoms with Crippen molar-refractivity contribution in [1.29, 1.82) is 0 Å². The second-order valence-electron chi connectivity index (χ2n) is 8.97. The molecule has 7 heteroatoms. The van der Waals surface area contributed by atoms with Crippen LogP contribution in [0.2, 0.25) is 0 Å². The van der Waals surface area contributed by atoms with Gasteiger partial charge in [-0.25, -0.2) is 9.78 Å². The van der Waals surface area contributed by atoms with Gasteiger partial charge in [0.15, 0.2) is 0 Å². The number of oxazole rings is 1. The Morgan fingerprint density at radius 2 is 1.97 bits per heavy atom. The third-order valence-electron chi connectivity index (χ3n) is 6.08. The molecule has 1 aromatic carbocycles. The van der Waals surface area contributed by atoms with Crippen molar-refractivity contribution in [3.8, 4) is 11.5 Å². The number of ether oxygens (including phenoxy) is 1. The Hall–Kier alpha value is -2.67. The standard InChI is InChI=1S/C25H34N2O5/c1-5-21-20(26-24(32-21)17-11-9-16(4)10-12-17)14-31-19-8-6-7-18(13-19)23(28)27-22(15(2)3)25(29)30/h9-12,15,18-19,22H,5-8,13-14H2,1-4H3,(H,27,28)(H,29,30)/t18-,19+,22+/m1/s1. The van der Waals surface area contributed by atoms with Gasteiger partial charge in [-0.05, 0) is 44.2 Å². The van der Waals surface area contributed by atoms with Crippen molar-refractivity contribution in [3.05, 3.63) is 41.3 Å². The second-order valence-corrected chi connectivity index (χ2v) is 8.97. The van der Waals surface area contributed by atoms with Gasteiger partial charge < -0.3 is 19.6 Å². The van der Waals surface area contributed by atoms with Crippen molar-refractivity contribution >= 4 is 11.9 Å². The van der Waals surface area contributed by atoms with Crippen LogP contribution < -0.4 is 5.32 Å². The maximum absolute atomic E-state index is 12.7. The predicted octanol–water partition coefficient (Wildman–Crippen LogP) is 4.51. The molecule has 2 aromatic rings. The number of aromatic nitrogens is 1. The number of benzene rings is 1. The highest BCUT2D eigenvalue weighted by atomic mass is 16.5. The van der Waals surface area contributed by atoms with E-state index in [1.165, 1.54) is 5.56 Å². The molecule has 0 unspecified atom stereocenters. The van der Waals surface area contributed by atoms with Gasteiger partial charge in [0, 0.05) is 17.9 Å². The van der Waals surface area contributed by atoms with Crippen LogP contribution in [0.5, 0.6) is 0 Å². The van der Waals surface area contributed by atoms with Gasteiger partial charge in [0.05, 0.1) is 12.7 Å². The number of carboxylic acid groups (broad SMARTS) is 1. The minimum atomic E-state index is -1.00. The topological polar surface area (TPSA) is 102 Å². The first kappa shape index (κ1) is 24.0. The zero-order valence-corrected chi connectivity index (χ0v) is 19.4. The molecular weight excluding hydrogens is 408 g/mol. The Morgan fingerprint density at radius 3 is 2.59 bits per heavy atom. The maximum Gasteiger partial charge on any atom is 0.326 e. The molecular formula is C25H34N2O5. The van der Waals surface area contributed by atoms with Gasteiger partial charge in [0.1, 0.15) is 17.5 Å². The van der Waals surface area contributed by atoms with Crippen LogP contribution in [0.25, 0.3) is 11.5 Å². The first-order valence-electron chi connectivity index (χ1n) is 11.5. The Bertz CT molecular complexity index is 919. The Labute approximate surface area is 189 Å². The molecule has 1 fully saturated rings. The van der Waals surface area contributed by atoms with E-state index in [1.54, 1.807) is 13.8 Å². The Balaban J connectivity index is 1.60. The molecule has 0 bridgehead atoms. The molecule has 1 amide bonds. The number of aliphatic carboxylic acids is 1. The molecule has 2 N–H and O–H groups in total. The molecule has 7 nitrogen and oxygen atoms in total. The molecule has 3 rings (SSSR count). The van der Waals surface area contributed by atoms with Crippen LogP contribution in [0, 0.1) is 18.8 Å². The maximum atomic E-state index is 12.7. The van der Waals surface area contributed by atoms with E-state index in [0.717, 1.165) is 42.7 Å². The van der Waals surface area contributed by atoms with E-state index < -0.39 is 12.0 Å². The SMILES string of the molecule is CCc1oc(-c2ccc(C)cc2)nc1CO[C@H]1CCC[C@@H](C(=O)N[C@H](C(=O)O)C(C)C)C1. The molecule has 0 aliphatic heterocycles. The monoisotopic (exact) mass is 442 g/mol. The lowest BCUT2D eigenvalue weighted by Gasteiger charge is -2.29. The lowest BCUT2D eigenvalue weighted by molar-refractivity contribution is -0.144. The molecule has 1 saturated carbocycles. The van der Waals surface area contributed by atoms with Gasteiger partial charge in [-0.2, -0.15) is 0 Å². The van der Waals surface area contributed by atoms with Crippen LogP contribution in [-0.2, 0) is 27.4 Å². The summed E-state index contributed by atoms with van der Waals surface area (Å²) in [5.74, 6) is -0.201. The molecule has 1 aliphatic carbocycles. The summed E-state index contributed by atoms with van der Waals surface area (Å²) in [7, 11) is 0. The molecule has 1 heterocycles. The fraction of sp³-hybridized carbons (Fsp3) is 0.560. The number of rotatable bonds is 9. The Morgan fingerprint density at radius 1 is 1.25 bits per heavy atom. The van der Waals surface area contributed by atoms with Crippen molar-refractivity contribution in [2.75, 3.05) is 0 Å². The van der Waals surface area contributed by atoms with Crippen molar-refractivity contribution in [2.45, 2.75) is 78.6 Å². The van der Waals surface area contributed by atoms with E-state index in [-0.39, 0.29) is 23.8 Å². The summed E-state index contributed by atoms with van der Waals surface area (Å²) in [5.41, 5.74) is 2.91. The summed E-state index contributed by atoms with van der Waals surface area (Å²) >= 11 is 0. The molecule has 0 saturated heterocycles. The second kappa shape index (κ2) is 10.8. The average Bonchev–Trinajstić information content (AvgIpc) is 3.19. The van der Waals surface area contributed by atoms with E-state index in [9.17, 15) is 14.7 Å². The van der Waals surface area contributed by atoms with Gasteiger partial charge in [-0.15, -0.1) is 0 Å². The zero-order valence-electron chi connectivity index (χ0n) is 19.4. The quantitative estimate of drug-likeness (QED) is 0.592. The number of carboxylic acids is 1. The van der Waals surface area contributed by atoms with Gasteiger partial charge >= 0.3 is 5.97 Å². The smallest absolute Gasteiger partial charge is 0.326 e. The number of nitrogens with zero attached hydrogens (tertiary/aromatic N) is 1. The van der Waals surface area contributed by atoms with Gasteiger partial charge in [0.25, 0.3) is 0 Å². The zero-order chi connectivity index (χ0) is 23.3. The summed E-state index contributed by atoms with van der Waals surface area (Å²) in [6.45, 7) is 7.98. The molecule has 174 valence electrons. The molecule has 0 radical (unpaired) electrons. The highest BCUT2D eigenvalue weighted by Gasteiger charge is 2.32. The fourth-order valence-electron chi connectivity index (χ4n) is 4.11. The summed E-state index contributed by atoms with van der Waals surface area (Å²) in [6.07, 6.45) is 3.74. The number of carbonyl (C=O) groups is 2.